The van der Waals surface area contributed by atoms with Crippen molar-refractivity contribution in [1.29, 1.82) is 0 Å². The normalized spacial score (nSPS) is 39.1. The molecule has 9 atom stereocenters. The van der Waals surface area contributed by atoms with Gasteiger partial charge in [0.15, 0.2) is 0 Å². The Bertz CT molecular complexity index is 998. The van der Waals surface area contributed by atoms with Crippen LogP contribution in [-0.2, 0) is 9.47 Å². The quantitative estimate of drug-likeness (QED) is 0.254. The van der Waals surface area contributed by atoms with E-state index in [1.165, 1.54) is 50.5 Å². The minimum atomic E-state index is -0.190. The molecule has 5 rings (SSSR count). The van der Waals surface area contributed by atoms with E-state index in [1.54, 1.807) is 0 Å². The molecule has 0 aliphatic heterocycles. The van der Waals surface area contributed by atoms with Crippen LogP contribution >= 0.6 is 0 Å². The SMILES string of the molecule is CO[C@@H]1C=C2C[C@@H](OC(=O)c3ccccc3)CC[C@]2(C)[C@H]2CC[C@]3(C)[C@@H]([C@@H](C)CCCC(C)C)CC[C@H]3[C@H]12. The van der Waals surface area contributed by atoms with Crippen molar-refractivity contribution in [2.45, 2.75) is 111 Å². The predicted octanol–water partition coefficient (Wildman–Crippen LogP) is 8.88. The number of carbonyl (C=O) groups excluding carboxylic acids is 1. The van der Waals surface area contributed by atoms with E-state index < -0.39 is 0 Å². The molecule has 1 aromatic carbocycles. The topological polar surface area (TPSA) is 35.5 Å². The first kappa shape index (κ1) is 27.9. The number of carbonyl (C=O) groups is 1. The van der Waals surface area contributed by atoms with Crippen molar-refractivity contribution < 1.29 is 14.3 Å². The zero-order valence-corrected chi connectivity index (χ0v) is 24.9. The van der Waals surface area contributed by atoms with Crippen molar-refractivity contribution in [2.75, 3.05) is 7.11 Å². The summed E-state index contributed by atoms with van der Waals surface area (Å²) in [5.41, 5.74) is 2.79. The lowest BCUT2D eigenvalue weighted by molar-refractivity contribution is -0.106. The second-order valence-electron chi connectivity index (χ2n) is 14.3. The van der Waals surface area contributed by atoms with E-state index in [-0.39, 0.29) is 23.6 Å². The van der Waals surface area contributed by atoms with Gasteiger partial charge >= 0.3 is 5.97 Å². The number of ether oxygens (including phenoxy) is 2. The molecule has 0 spiro atoms. The number of fused-ring (bicyclic) bond motifs is 5. The van der Waals surface area contributed by atoms with Crippen LogP contribution in [0.5, 0.6) is 0 Å². The van der Waals surface area contributed by atoms with Crippen molar-refractivity contribution in [2.24, 2.45) is 46.3 Å². The Morgan fingerprint density at radius 3 is 2.45 bits per heavy atom. The summed E-state index contributed by atoms with van der Waals surface area (Å²) in [6.45, 7) is 12.4. The van der Waals surface area contributed by atoms with E-state index in [0.29, 0.717) is 22.8 Å². The summed E-state index contributed by atoms with van der Waals surface area (Å²) in [5.74, 6) is 4.34. The van der Waals surface area contributed by atoms with Crippen LogP contribution in [0.25, 0.3) is 0 Å². The number of benzene rings is 1. The van der Waals surface area contributed by atoms with Crippen LogP contribution in [0, 0.1) is 46.3 Å². The Hall–Kier alpha value is -1.61. The van der Waals surface area contributed by atoms with E-state index in [0.717, 1.165) is 42.9 Å². The highest BCUT2D eigenvalue weighted by Crippen LogP contribution is 2.67. The molecule has 4 aliphatic rings. The van der Waals surface area contributed by atoms with Crippen LogP contribution < -0.4 is 0 Å². The molecule has 3 saturated carbocycles. The summed E-state index contributed by atoms with van der Waals surface area (Å²) in [5, 5.41) is 0. The molecule has 0 saturated heterocycles. The molecule has 0 amide bonds. The molecule has 0 radical (unpaired) electrons. The van der Waals surface area contributed by atoms with Crippen LogP contribution in [0.4, 0.5) is 0 Å². The molecule has 0 heterocycles. The monoisotopic (exact) mass is 520 g/mol. The van der Waals surface area contributed by atoms with Crippen molar-refractivity contribution >= 4 is 5.97 Å². The highest BCUT2D eigenvalue weighted by atomic mass is 16.5. The Kier molecular flexibility index (Phi) is 8.17. The molecule has 0 aromatic heterocycles. The standard InChI is InChI=1S/C35H52O3/c1-23(2)11-10-12-24(3)28-15-16-29-32-30(18-20-35(28,29)5)34(4)19-17-27(21-26(34)22-31(32)37-6)38-33(36)25-13-8-7-9-14-25/h7-9,13-14,22-24,27-32H,10-12,15-21H2,1-6H3/t24-,27-,28+,29-,30-,31+,32-,34-,35+/m0/s1. The first-order valence-electron chi connectivity index (χ1n) is 15.7. The Morgan fingerprint density at radius 1 is 0.974 bits per heavy atom. The van der Waals surface area contributed by atoms with E-state index >= 15 is 0 Å². The fourth-order valence-corrected chi connectivity index (χ4v) is 9.73. The summed E-state index contributed by atoms with van der Waals surface area (Å²) in [7, 11) is 1.92. The van der Waals surface area contributed by atoms with Gasteiger partial charge in [-0.25, -0.2) is 4.79 Å². The third kappa shape index (κ3) is 5.02. The third-order valence-electron chi connectivity index (χ3n) is 11.8. The van der Waals surface area contributed by atoms with Crippen LogP contribution in [0.3, 0.4) is 0 Å². The molecule has 3 nitrogen and oxygen atoms in total. The first-order chi connectivity index (χ1) is 18.2. The average molecular weight is 521 g/mol. The van der Waals surface area contributed by atoms with Gasteiger partial charge in [-0.2, -0.15) is 0 Å². The Morgan fingerprint density at radius 2 is 1.74 bits per heavy atom. The zero-order chi connectivity index (χ0) is 27.1. The van der Waals surface area contributed by atoms with Gasteiger partial charge in [0.25, 0.3) is 0 Å². The van der Waals surface area contributed by atoms with Crippen molar-refractivity contribution in [3.8, 4) is 0 Å². The van der Waals surface area contributed by atoms with Gasteiger partial charge in [-0.05, 0) is 97.0 Å². The van der Waals surface area contributed by atoms with Crippen molar-refractivity contribution in [3.63, 3.8) is 0 Å². The van der Waals surface area contributed by atoms with Crippen molar-refractivity contribution in [1.82, 2.24) is 0 Å². The second-order valence-corrected chi connectivity index (χ2v) is 14.3. The van der Waals surface area contributed by atoms with Gasteiger partial charge in [0.2, 0.25) is 0 Å². The molecule has 0 N–H and O–H groups in total. The maximum absolute atomic E-state index is 12.8. The molecule has 3 heteroatoms. The van der Waals surface area contributed by atoms with E-state index in [4.69, 9.17) is 9.47 Å². The summed E-state index contributed by atoms with van der Waals surface area (Å²) >= 11 is 0. The fourth-order valence-electron chi connectivity index (χ4n) is 9.73. The number of methoxy groups -OCH3 is 1. The molecule has 3 fully saturated rings. The third-order valence-corrected chi connectivity index (χ3v) is 11.8. The van der Waals surface area contributed by atoms with Gasteiger partial charge in [-0.3, -0.25) is 0 Å². The first-order valence-corrected chi connectivity index (χ1v) is 15.7. The molecular weight excluding hydrogens is 468 g/mol. The number of hydrogen-bond donors (Lipinski definition) is 0. The van der Waals surface area contributed by atoms with Gasteiger partial charge < -0.3 is 9.47 Å². The van der Waals surface area contributed by atoms with E-state index in [2.05, 4.69) is 40.7 Å². The summed E-state index contributed by atoms with van der Waals surface area (Å²) in [4.78, 5) is 12.8. The number of esters is 1. The lowest BCUT2D eigenvalue weighted by Gasteiger charge is -2.60. The molecule has 0 unspecified atom stereocenters. The van der Waals surface area contributed by atoms with Gasteiger partial charge in [-0.1, -0.05) is 83.7 Å². The van der Waals surface area contributed by atoms with Crippen LogP contribution in [0.15, 0.2) is 42.0 Å². The minimum Gasteiger partial charge on any atom is -0.458 e. The van der Waals surface area contributed by atoms with Gasteiger partial charge in [0, 0.05) is 13.5 Å². The summed E-state index contributed by atoms with van der Waals surface area (Å²) < 4.78 is 12.3. The summed E-state index contributed by atoms with van der Waals surface area (Å²) in [6.07, 6.45) is 15.1. The average Bonchev–Trinajstić information content (AvgIpc) is 3.26. The van der Waals surface area contributed by atoms with Crippen LogP contribution in [0.1, 0.15) is 109 Å². The Labute approximate surface area is 232 Å². The van der Waals surface area contributed by atoms with Gasteiger partial charge in [-0.15, -0.1) is 0 Å². The second kappa shape index (κ2) is 11.1. The molecule has 38 heavy (non-hydrogen) atoms. The maximum Gasteiger partial charge on any atom is 0.338 e. The van der Waals surface area contributed by atoms with Crippen LogP contribution in [0.2, 0.25) is 0 Å². The number of hydrogen-bond acceptors (Lipinski definition) is 3. The lowest BCUT2D eigenvalue weighted by Crippen LogP contribution is -2.55. The number of rotatable bonds is 8. The zero-order valence-electron chi connectivity index (χ0n) is 24.9. The highest BCUT2D eigenvalue weighted by Gasteiger charge is 2.61. The van der Waals surface area contributed by atoms with Gasteiger partial charge in [0.05, 0.1) is 11.7 Å². The lowest BCUT2D eigenvalue weighted by atomic mass is 9.46. The molecular formula is C35H52O3. The van der Waals surface area contributed by atoms with Crippen LogP contribution in [-0.4, -0.2) is 25.3 Å². The largest absolute Gasteiger partial charge is 0.458 e. The fraction of sp³-hybridized carbons (Fsp3) is 0.743. The molecule has 1 aromatic rings. The molecule has 0 bridgehead atoms. The maximum atomic E-state index is 12.8. The minimum absolute atomic E-state index is 0.0347. The van der Waals surface area contributed by atoms with Gasteiger partial charge in [0.1, 0.15) is 6.10 Å². The summed E-state index contributed by atoms with van der Waals surface area (Å²) in [6, 6.07) is 9.43. The Balaban J connectivity index is 1.32. The smallest absolute Gasteiger partial charge is 0.338 e. The highest BCUT2D eigenvalue weighted by molar-refractivity contribution is 5.89. The predicted molar refractivity (Wildman–Crippen MR) is 155 cm³/mol. The van der Waals surface area contributed by atoms with E-state index in [1.807, 2.05) is 37.4 Å². The van der Waals surface area contributed by atoms with Crippen molar-refractivity contribution in [3.05, 3.63) is 47.5 Å². The molecule has 4 aliphatic carbocycles. The molecule has 210 valence electrons. The van der Waals surface area contributed by atoms with E-state index in [9.17, 15) is 4.79 Å².